The maximum atomic E-state index is 11.4. The van der Waals surface area contributed by atoms with Crippen molar-refractivity contribution in [3.63, 3.8) is 0 Å². The number of carboxylic acid groups (broad SMARTS) is 1. The number of benzene rings is 3. The number of nitrogens with two attached hydrogens (primary N) is 1. The lowest BCUT2D eigenvalue weighted by Crippen LogP contribution is -2.01. The summed E-state index contributed by atoms with van der Waals surface area (Å²) in [5, 5.41) is 10.6. The van der Waals surface area contributed by atoms with Gasteiger partial charge in [-0.1, -0.05) is 72.3 Å². The molecule has 146 valence electrons. The average molecular weight is 405 g/mol. The van der Waals surface area contributed by atoms with E-state index in [2.05, 4.69) is 17.1 Å². The Morgan fingerprint density at radius 3 is 2.24 bits per heavy atom. The van der Waals surface area contributed by atoms with E-state index in [0.717, 1.165) is 18.5 Å². The zero-order valence-corrected chi connectivity index (χ0v) is 16.5. The van der Waals surface area contributed by atoms with Gasteiger partial charge in [0, 0.05) is 16.0 Å². The predicted molar refractivity (Wildman–Crippen MR) is 118 cm³/mol. The highest BCUT2D eigenvalue weighted by Gasteiger charge is 2.12. The highest BCUT2D eigenvalue weighted by Crippen LogP contribution is 2.25. The lowest BCUT2D eigenvalue weighted by Gasteiger charge is -2.07. The summed E-state index contributed by atoms with van der Waals surface area (Å²) in [5.74, 6) is -0.959. The standard InChI is InChI=1S/C16H10ClNO2.C8H11N/c17-11-7-5-10(6-8-11)15-9-13(16(19)20)12-3-1-2-4-14(12)18-15;9-7-6-8-4-2-1-3-5-8/h1-9H,(H,19,20);1-5H,6-7,9H2. The third-order valence-electron chi connectivity index (χ3n) is 4.36. The number of para-hydroxylation sites is 1. The summed E-state index contributed by atoms with van der Waals surface area (Å²) in [5.41, 5.74) is 9.05. The number of halogens is 1. The third-order valence-corrected chi connectivity index (χ3v) is 4.61. The number of aromatic carboxylic acids is 1. The van der Waals surface area contributed by atoms with E-state index in [0.29, 0.717) is 21.6 Å². The number of aromatic nitrogens is 1. The summed E-state index contributed by atoms with van der Waals surface area (Å²) in [4.78, 5) is 15.9. The summed E-state index contributed by atoms with van der Waals surface area (Å²) in [6.45, 7) is 0.740. The number of carbonyl (C=O) groups is 1. The Morgan fingerprint density at radius 2 is 1.59 bits per heavy atom. The number of pyridine rings is 1. The Kier molecular flexibility index (Phi) is 6.95. The summed E-state index contributed by atoms with van der Waals surface area (Å²) < 4.78 is 0. The van der Waals surface area contributed by atoms with E-state index >= 15 is 0 Å². The van der Waals surface area contributed by atoms with Crippen LogP contribution in [0.1, 0.15) is 15.9 Å². The molecule has 4 aromatic rings. The number of hydrogen-bond donors (Lipinski definition) is 2. The van der Waals surface area contributed by atoms with Crippen LogP contribution in [0.5, 0.6) is 0 Å². The van der Waals surface area contributed by atoms with Crippen molar-refractivity contribution in [2.24, 2.45) is 5.73 Å². The van der Waals surface area contributed by atoms with E-state index < -0.39 is 5.97 Å². The first-order valence-electron chi connectivity index (χ1n) is 9.21. The fourth-order valence-electron chi connectivity index (χ4n) is 2.93. The van der Waals surface area contributed by atoms with Crippen molar-refractivity contribution in [3.05, 3.63) is 101 Å². The van der Waals surface area contributed by atoms with E-state index in [1.165, 1.54) is 5.56 Å². The summed E-state index contributed by atoms with van der Waals surface area (Å²) >= 11 is 5.86. The van der Waals surface area contributed by atoms with Gasteiger partial charge < -0.3 is 10.8 Å². The van der Waals surface area contributed by atoms with E-state index in [-0.39, 0.29) is 5.56 Å². The molecule has 29 heavy (non-hydrogen) atoms. The Morgan fingerprint density at radius 1 is 0.931 bits per heavy atom. The molecule has 4 nitrogen and oxygen atoms in total. The predicted octanol–water partition coefficient (Wildman–Crippen LogP) is 5.44. The number of nitrogens with zero attached hydrogens (tertiary/aromatic N) is 1. The molecule has 0 unspecified atom stereocenters. The highest BCUT2D eigenvalue weighted by atomic mass is 35.5. The lowest BCUT2D eigenvalue weighted by molar-refractivity contribution is 0.0699. The van der Waals surface area contributed by atoms with Crippen LogP contribution in [0.4, 0.5) is 0 Å². The number of fused-ring (bicyclic) bond motifs is 1. The van der Waals surface area contributed by atoms with Crippen molar-refractivity contribution in [2.75, 3.05) is 6.54 Å². The zero-order valence-electron chi connectivity index (χ0n) is 15.8. The molecule has 1 heterocycles. The van der Waals surface area contributed by atoms with Crippen LogP contribution in [-0.4, -0.2) is 22.6 Å². The fourth-order valence-corrected chi connectivity index (χ4v) is 3.06. The van der Waals surface area contributed by atoms with Gasteiger partial charge >= 0.3 is 5.97 Å². The molecule has 0 aliphatic heterocycles. The van der Waals surface area contributed by atoms with Gasteiger partial charge in [0.05, 0.1) is 16.8 Å². The highest BCUT2D eigenvalue weighted by molar-refractivity contribution is 6.30. The van der Waals surface area contributed by atoms with E-state index in [1.54, 1.807) is 36.4 Å². The first-order valence-corrected chi connectivity index (χ1v) is 9.59. The number of carboxylic acids is 1. The molecule has 0 fully saturated rings. The largest absolute Gasteiger partial charge is 0.478 e. The first kappa shape index (κ1) is 20.5. The van der Waals surface area contributed by atoms with Gasteiger partial charge in [0.1, 0.15) is 0 Å². The van der Waals surface area contributed by atoms with Gasteiger partial charge in [-0.25, -0.2) is 9.78 Å². The van der Waals surface area contributed by atoms with Crippen molar-refractivity contribution in [1.82, 2.24) is 4.98 Å². The van der Waals surface area contributed by atoms with E-state index in [4.69, 9.17) is 17.3 Å². The minimum atomic E-state index is -0.959. The molecule has 1 aromatic heterocycles. The van der Waals surface area contributed by atoms with Crippen LogP contribution < -0.4 is 5.73 Å². The summed E-state index contributed by atoms with van der Waals surface area (Å²) in [7, 11) is 0. The molecule has 0 aliphatic carbocycles. The molecule has 5 heteroatoms. The molecule has 0 bridgehead atoms. The van der Waals surface area contributed by atoms with Gasteiger partial charge in [0.15, 0.2) is 0 Å². The second-order valence-corrected chi connectivity index (χ2v) is 6.84. The zero-order chi connectivity index (χ0) is 20.6. The molecule has 3 N–H and O–H groups in total. The SMILES string of the molecule is NCCc1ccccc1.O=C(O)c1cc(-c2ccc(Cl)cc2)nc2ccccc12. The van der Waals surface area contributed by atoms with Gasteiger partial charge in [-0.15, -0.1) is 0 Å². The molecule has 0 aliphatic rings. The molecule has 3 aromatic carbocycles. The van der Waals surface area contributed by atoms with Crippen LogP contribution >= 0.6 is 11.6 Å². The van der Waals surface area contributed by atoms with Gasteiger partial charge in [-0.3, -0.25) is 0 Å². The van der Waals surface area contributed by atoms with Crippen molar-refractivity contribution in [1.29, 1.82) is 0 Å². The molecule has 0 amide bonds. The van der Waals surface area contributed by atoms with Gasteiger partial charge in [-0.05, 0) is 42.8 Å². The van der Waals surface area contributed by atoms with Gasteiger partial charge in [0.2, 0.25) is 0 Å². The lowest BCUT2D eigenvalue weighted by atomic mass is 10.0. The summed E-state index contributed by atoms with van der Waals surface area (Å²) in [6.07, 6.45) is 0.987. The Balaban J connectivity index is 0.000000224. The molecule has 0 spiro atoms. The molecular formula is C24H21ClN2O2. The topological polar surface area (TPSA) is 76.2 Å². The minimum Gasteiger partial charge on any atom is -0.478 e. The normalized spacial score (nSPS) is 10.3. The molecular weight excluding hydrogens is 384 g/mol. The average Bonchev–Trinajstić information content (AvgIpc) is 2.75. The molecule has 4 rings (SSSR count). The van der Waals surface area contributed by atoms with Crippen molar-refractivity contribution in [2.45, 2.75) is 6.42 Å². The first-order chi connectivity index (χ1) is 14.1. The third kappa shape index (κ3) is 5.41. The molecule has 0 saturated heterocycles. The second-order valence-electron chi connectivity index (χ2n) is 6.41. The van der Waals surface area contributed by atoms with E-state index in [1.807, 2.05) is 36.4 Å². The molecule has 0 radical (unpaired) electrons. The van der Waals surface area contributed by atoms with Crippen LogP contribution in [0.2, 0.25) is 5.02 Å². The minimum absolute atomic E-state index is 0.251. The monoisotopic (exact) mass is 404 g/mol. The van der Waals surface area contributed by atoms with Crippen LogP contribution in [0.25, 0.3) is 22.2 Å². The van der Waals surface area contributed by atoms with Crippen molar-refractivity contribution >= 4 is 28.5 Å². The van der Waals surface area contributed by atoms with Gasteiger partial charge in [0.25, 0.3) is 0 Å². The summed E-state index contributed by atoms with van der Waals surface area (Å²) in [6, 6.07) is 26.2. The Bertz CT molecular complexity index is 1100. The smallest absolute Gasteiger partial charge is 0.336 e. The number of rotatable bonds is 4. The number of hydrogen-bond acceptors (Lipinski definition) is 3. The van der Waals surface area contributed by atoms with Crippen LogP contribution in [0.15, 0.2) is 84.9 Å². The van der Waals surface area contributed by atoms with Crippen molar-refractivity contribution in [3.8, 4) is 11.3 Å². The van der Waals surface area contributed by atoms with Crippen LogP contribution in [0.3, 0.4) is 0 Å². The Hall–Kier alpha value is -3.21. The fraction of sp³-hybridized carbons (Fsp3) is 0.0833. The van der Waals surface area contributed by atoms with Gasteiger partial charge in [-0.2, -0.15) is 0 Å². The maximum absolute atomic E-state index is 11.4. The maximum Gasteiger partial charge on any atom is 0.336 e. The van der Waals surface area contributed by atoms with Crippen LogP contribution in [0, 0.1) is 0 Å². The quantitative estimate of drug-likeness (QED) is 0.474. The second kappa shape index (κ2) is 9.82. The molecule has 0 atom stereocenters. The van der Waals surface area contributed by atoms with Crippen molar-refractivity contribution < 1.29 is 9.90 Å². The Labute approximate surface area is 174 Å². The molecule has 0 saturated carbocycles. The van der Waals surface area contributed by atoms with E-state index in [9.17, 15) is 9.90 Å². The van der Waals surface area contributed by atoms with Crippen LogP contribution in [-0.2, 0) is 6.42 Å².